The maximum Gasteiger partial charge on any atom is 0.303 e. The van der Waals surface area contributed by atoms with Crippen LogP contribution in [0.3, 0.4) is 0 Å². The van der Waals surface area contributed by atoms with Crippen molar-refractivity contribution < 1.29 is 4.92 Å². The quantitative estimate of drug-likeness (QED) is 0.575. The van der Waals surface area contributed by atoms with Crippen LogP contribution in [0.1, 0.15) is 24.1 Å². The summed E-state index contributed by atoms with van der Waals surface area (Å²) in [6, 6.07) is 1.68. The molecule has 0 atom stereocenters. The number of piperidine rings is 1. The summed E-state index contributed by atoms with van der Waals surface area (Å²) in [6.45, 7) is 3.84. The van der Waals surface area contributed by atoms with E-state index >= 15 is 0 Å². The molecule has 1 aliphatic heterocycles. The highest BCUT2D eigenvalue weighted by molar-refractivity contribution is 7.16. The predicted octanol–water partition coefficient (Wildman–Crippen LogP) is 2.96. The Morgan fingerprint density at radius 1 is 1.40 bits per heavy atom. The van der Waals surface area contributed by atoms with Crippen LogP contribution >= 0.6 is 11.3 Å². The summed E-state index contributed by atoms with van der Waals surface area (Å²) >= 11 is 1.53. The van der Waals surface area contributed by atoms with Gasteiger partial charge in [-0.15, -0.1) is 11.3 Å². The molecular formula is C10H14N2O2S. The highest BCUT2D eigenvalue weighted by Gasteiger charge is 2.23. The Hall–Kier alpha value is -1.10. The van der Waals surface area contributed by atoms with Crippen molar-refractivity contribution >= 4 is 22.0 Å². The van der Waals surface area contributed by atoms with Gasteiger partial charge in [0, 0.05) is 24.0 Å². The van der Waals surface area contributed by atoms with E-state index in [9.17, 15) is 10.1 Å². The van der Waals surface area contributed by atoms with Crippen LogP contribution in [0.15, 0.2) is 6.07 Å². The molecule has 0 unspecified atom stereocenters. The van der Waals surface area contributed by atoms with Crippen molar-refractivity contribution in [3.63, 3.8) is 0 Å². The molecule has 2 heterocycles. The normalized spacial score (nSPS) is 16.7. The Morgan fingerprint density at radius 3 is 2.67 bits per heavy atom. The molecular weight excluding hydrogens is 212 g/mol. The number of anilines is 1. The lowest BCUT2D eigenvalue weighted by molar-refractivity contribution is -0.383. The number of rotatable bonds is 2. The molecule has 0 N–H and O–H groups in total. The molecule has 0 radical (unpaired) electrons. The average Bonchev–Trinajstić information content (AvgIpc) is 2.62. The third kappa shape index (κ3) is 2.12. The molecule has 0 amide bonds. The summed E-state index contributed by atoms with van der Waals surface area (Å²) in [5, 5.41) is 11.7. The van der Waals surface area contributed by atoms with Crippen LogP contribution in [0.4, 0.5) is 10.7 Å². The maximum absolute atomic E-state index is 10.9. The van der Waals surface area contributed by atoms with E-state index in [0.717, 1.165) is 35.8 Å². The smallest absolute Gasteiger partial charge is 0.303 e. The van der Waals surface area contributed by atoms with E-state index in [2.05, 4.69) is 4.90 Å². The van der Waals surface area contributed by atoms with Gasteiger partial charge in [-0.2, -0.15) is 0 Å². The Kier molecular flexibility index (Phi) is 2.90. The molecule has 5 heteroatoms. The monoisotopic (exact) mass is 226 g/mol. The van der Waals surface area contributed by atoms with Crippen LogP contribution in [0.25, 0.3) is 0 Å². The zero-order valence-electron chi connectivity index (χ0n) is 8.73. The van der Waals surface area contributed by atoms with Crippen molar-refractivity contribution in [1.82, 2.24) is 0 Å². The standard InChI is InChI=1S/C10H14N2O2S/c1-8-7-9(12(13)14)10(15-8)11-5-3-2-4-6-11/h7H,2-6H2,1H3. The zero-order chi connectivity index (χ0) is 10.8. The van der Waals surface area contributed by atoms with Gasteiger partial charge < -0.3 is 4.90 Å². The SMILES string of the molecule is Cc1cc([N+](=O)[O-])c(N2CCCCC2)s1. The molecule has 1 aliphatic rings. The molecule has 0 aromatic carbocycles. The first kappa shape index (κ1) is 10.4. The van der Waals surface area contributed by atoms with Gasteiger partial charge in [0.1, 0.15) is 0 Å². The van der Waals surface area contributed by atoms with Gasteiger partial charge in [-0.05, 0) is 26.2 Å². The first-order valence-corrected chi connectivity index (χ1v) is 6.00. The highest BCUT2D eigenvalue weighted by atomic mass is 32.1. The van der Waals surface area contributed by atoms with Crippen molar-refractivity contribution in [2.24, 2.45) is 0 Å². The fourth-order valence-corrected chi connectivity index (χ4v) is 2.97. The fourth-order valence-electron chi connectivity index (χ4n) is 1.94. The van der Waals surface area contributed by atoms with Gasteiger partial charge >= 0.3 is 5.69 Å². The molecule has 1 saturated heterocycles. The predicted molar refractivity (Wildman–Crippen MR) is 61.8 cm³/mol. The molecule has 1 aromatic rings. The highest BCUT2D eigenvalue weighted by Crippen LogP contribution is 2.38. The van der Waals surface area contributed by atoms with Gasteiger partial charge in [0.05, 0.1) is 4.92 Å². The van der Waals surface area contributed by atoms with E-state index in [1.807, 2.05) is 6.92 Å². The Morgan fingerprint density at radius 2 is 2.07 bits per heavy atom. The third-order valence-electron chi connectivity index (χ3n) is 2.66. The molecule has 0 spiro atoms. The van der Waals surface area contributed by atoms with E-state index in [4.69, 9.17) is 0 Å². The largest absolute Gasteiger partial charge is 0.358 e. The molecule has 1 fully saturated rings. The summed E-state index contributed by atoms with van der Waals surface area (Å²) in [6.07, 6.45) is 3.54. The number of hydrogen-bond donors (Lipinski definition) is 0. The van der Waals surface area contributed by atoms with Crippen LogP contribution in [0, 0.1) is 17.0 Å². The van der Waals surface area contributed by atoms with Crippen molar-refractivity contribution in [3.8, 4) is 0 Å². The Labute approximate surface area is 92.7 Å². The number of nitro groups is 1. The first-order chi connectivity index (χ1) is 7.18. The molecule has 0 aliphatic carbocycles. The van der Waals surface area contributed by atoms with Gasteiger partial charge in [0.15, 0.2) is 5.00 Å². The minimum absolute atomic E-state index is 0.270. The summed E-state index contributed by atoms with van der Waals surface area (Å²) < 4.78 is 0. The van der Waals surface area contributed by atoms with E-state index in [1.165, 1.54) is 17.8 Å². The third-order valence-corrected chi connectivity index (χ3v) is 3.76. The van der Waals surface area contributed by atoms with Gasteiger partial charge in [-0.1, -0.05) is 0 Å². The molecule has 2 rings (SSSR count). The average molecular weight is 226 g/mol. The van der Waals surface area contributed by atoms with E-state index in [1.54, 1.807) is 6.07 Å². The number of nitrogens with zero attached hydrogens (tertiary/aromatic N) is 2. The Balaban J connectivity index is 2.28. The lowest BCUT2D eigenvalue weighted by atomic mass is 10.1. The van der Waals surface area contributed by atoms with Crippen LogP contribution in [0.5, 0.6) is 0 Å². The van der Waals surface area contributed by atoms with Crippen molar-refractivity contribution in [1.29, 1.82) is 0 Å². The summed E-state index contributed by atoms with van der Waals surface area (Å²) in [5.41, 5.74) is 0.277. The first-order valence-electron chi connectivity index (χ1n) is 5.18. The second kappa shape index (κ2) is 4.18. The van der Waals surface area contributed by atoms with Crippen LogP contribution in [-0.4, -0.2) is 18.0 Å². The van der Waals surface area contributed by atoms with E-state index < -0.39 is 0 Å². The van der Waals surface area contributed by atoms with Crippen LogP contribution < -0.4 is 4.90 Å². The minimum Gasteiger partial charge on any atom is -0.358 e. The molecule has 1 aromatic heterocycles. The van der Waals surface area contributed by atoms with Crippen molar-refractivity contribution in [2.45, 2.75) is 26.2 Å². The van der Waals surface area contributed by atoms with Gasteiger partial charge in [-0.3, -0.25) is 10.1 Å². The van der Waals surface area contributed by atoms with E-state index in [0.29, 0.717) is 0 Å². The second-order valence-corrected chi connectivity index (χ2v) is 5.09. The van der Waals surface area contributed by atoms with Crippen LogP contribution in [-0.2, 0) is 0 Å². The molecule has 82 valence electrons. The van der Waals surface area contributed by atoms with E-state index in [-0.39, 0.29) is 10.6 Å². The summed E-state index contributed by atoms with van der Waals surface area (Å²) in [7, 11) is 0. The molecule has 15 heavy (non-hydrogen) atoms. The minimum atomic E-state index is -0.270. The zero-order valence-corrected chi connectivity index (χ0v) is 9.55. The lowest BCUT2D eigenvalue weighted by Gasteiger charge is -2.26. The van der Waals surface area contributed by atoms with Gasteiger partial charge in [0.25, 0.3) is 0 Å². The molecule has 4 nitrogen and oxygen atoms in total. The maximum atomic E-state index is 10.9. The lowest BCUT2D eigenvalue weighted by Crippen LogP contribution is -2.29. The van der Waals surface area contributed by atoms with Crippen molar-refractivity contribution in [2.75, 3.05) is 18.0 Å². The van der Waals surface area contributed by atoms with Gasteiger partial charge in [0.2, 0.25) is 0 Å². The molecule has 0 bridgehead atoms. The second-order valence-electron chi connectivity index (χ2n) is 3.85. The number of hydrogen-bond acceptors (Lipinski definition) is 4. The number of thiophene rings is 1. The Bertz CT molecular complexity index is 369. The fraction of sp³-hybridized carbons (Fsp3) is 0.600. The number of aryl methyl sites for hydroxylation is 1. The van der Waals surface area contributed by atoms with Gasteiger partial charge in [-0.25, -0.2) is 0 Å². The topological polar surface area (TPSA) is 46.4 Å². The van der Waals surface area contributed by atoms with Crippen LogP contribution in [0.2, 0.25) is 0 Å². The summed E-state index contributed by atoms with van der Waals surface area (Å²) in [5.74, 6) is 0. The van der Waals surface area contributed by atoms with Crippen molar-refractivity contribution in [3.05, 3.63) is 21.1 Å². The molecule has 0 saturated carbocycles. The summed E-state index contributed by atoms with van der Waals surface area (Å²) in [4.78, 5) is 13.8.